The zero-order chi connectivity index (χ0) is 111. The number of aryl methyl sites for hydroxylation is 5. The van der Waals surface area contributed by atoms with Gasteiger partial charge in [0.05, 0.1) is 4.92 Å². The number of carbonyl (C=O) groups excluding carboxylic acids is 7. The fourth-order valence-corrected chi connectivity index (χ4v) is 22.2. The monoisotopic (exact) mass is 2470 g/mol. The average molecular weight is 2470 g/mol. The number of allylic oxidation sites excluding steroid dienone is 1. The van der Waals surface area contributed by atoms with Crippen LogP contribution in [0.1, 0.15) is 209 Å². The van der Waals surface area contributed by atoms with Crippen LogP contribution in [0.4, 0.5) is 0 Å². The fourth-order valence-electron chi connectivity index (χ4n) is 14.1. The van der Waals surface area contributed by atoms with Crippen LogP contribution in [-0.2, 0) is 139 Å². The van der Waals surface area contributed by atoms with Gasteiger partial charge < -0.3 is 25.2 Å². The van der Waals surface area contributed by atoms with Crippen molar-refractivity contribution >= 4 is 144 Å². The van der Waals surface area contributed by atoms with E-state index in [0.29, 0.717) is 34.9 Å². The van der Waals surface area contributed by atoms with Crippen LogP contribution in [0.25, 0.3) is 10.8 Å². The Morgan fingerprint density at radius 3 is 1.01 bits per heavy atom. The molecule has 9 rings (SSSR count). The van der Waals surface area contributed by atoms with Gasteiger partial charge in [0.1, 0.15) is 6.29 Å². The average Bonchev–Trinajstić information content (AvgIpc) is 0.802. The molecule has 0 bridgehead atoms. The van der Waals surface area contributed by atoms with E-state index < -0.39 is 110 Å². The van der Waals surface area contributed by atoms with E-state index in [-0.39, 0.29) is 271 Å². The van der Waals surface area contributed by atoms with E-state index in [4.69, 9.17) is 108 Å². The number of hydrogen-bond acceptors (Lipinski definition) is 35. The maximum atomic E-state index is 11.7. The minimum atomic E-state index is -4.92. The van der Waals surface area contributed by atoms with E-state index >= 15 is 0 Å². The molecule has 0 amide bonds. The van der Waals surface area contributed by atoms with Crippen LogP contribution >= 0.6 is 0 Å². The molecule has 0 saturated carbocycles. The molecule has 0 radical (unpaired) electrons. The van der Waals surface area contributed by atoms with E-state index in [0.717, 1.165) is 116 Å². The summed E-state index contributed by atoms with van der Waals surface area (Å²) in [5.41, 5.74) is 6.44. The molecule has 836 valence electrons. The molecule has 20 atom stereocenters. The van der Waals surface area contributed by atoms with Crippen molar-refractivity contribution in [1.29, 1.82) is 0 Å². The number of carboxylic acid groups (broad SMARTS) is 1. The number of carbonyl (C=O) groups is 8. The Kier molecular flexibility index (Phi) is 89.6. The van der Waals surface area contributed by atoms with Crippen LogP contribution in [0.2, 0.25) is 0 Å². The molecule has 150 heavy (non-hydrogen) atoms. The number of benzene rings is 5. The molecule has 5 aromatic carbocycles. The number of esters is 6. The molecule has 5 aromatic rings. The van der Waals surface area contributed by atoms with Crippen molar-refractivity contribution in [3.63, 3.8) is 0 Å². The molecular formula is C100H150K2N6O36S2Se4-2. The van der Waals surface area contributed by atoms with E-state index in [9.17, 15) is 75.0 Å². The Balaban J connectivity index is -0.000000551. The number of aliphatic hydroxyl groups is 4. The normalized spacial score (nSPS) is 22.6. The van der Waals surface area contributed by atoms with E-state index in [1.54, 1.807) is 6.08 Å². The molecule has 0 aliphatic carbocycles. The van der Waals surface area contributed by atoms with Crippen molar-refractivity contribution in [2.24, 2.45) is 40.7 Å². The Morgan fingerprint density at radius 1 is 0.447 bits per heavy atom. The topological polar surface area (TPSA) is 683 Å². The van der Waals surface area contributed by atoms with Gasteiger partial charge in [0.15, 0.2) is 7.05 Å². The summed E-state index contributed by atoms with van der Waals surface area (Å²) in [4.78, 5) is 104. The Bertz CT molecular complexity index is 4830. The minimum absolute atomic E-state index is 0. The van der Waals surface area contributed by atoms with Crippen LogP contribution < -0.4 is 109 Å². The van der Waals surface area contributed by atoms with E-state index in [1.807, 2.05) is 133 Å². The molecule has 4 saturated heterocycles. The van der Waals surface area contributed by atoms with Crippen LogP contribution in [-0.4, -0.2) is 313 Å². The summed E-state index contributed by atoms with van der Waals surface area (Å²) in [6, 6.07) is 51.0. The number of aldehydes is 1. The molecule has 4 aliphatic rings. The number of rotatable bonds is 40. The van der Waals surface area contributed by atoms with Gasteiger partial charge in [-0.25, -0.2) is 16.8 Å². The zero-order valence-electron chi connectivity index (χ0n) is 87.2. The number of aliphatic hydroxyl groups excluding tert-OH is 4. The summed E-state index contributed by atoms with van der Waals surface area (Å²) in [6.45, 7) is 21.5. The predicted molar refractivity (Wildman–Crippen MR) is 557 cm³/mol. The third kappa shape index (κ3) is 77.5. The van der Waals surface area contributed by atoms with Crippen molar-refractivity contribution in [3.8, 4) is 0 Å². The molecule has 0 spiro atoms. The van der Waals surface area contributed by atoms with Gasteiger partial charge >= 0.3 is 742 Å². The first-order valence-corrected chi connectivity index (χ1v) is 56.2. The van der Waals surface area contributed by atoms with Gasteiger partial charge in [-0.05, 0) is 49.3 Å². The first-order valence-electron chi connectivity index (χ1n) is 46.9. The third-order valence-electron chi connectivity index (χ3n) is 21.9. The van der Waals surface area contributed by atoms with Gasteiger partial charge in [-0.1, -0.05) is 68.1 Å². The van der Waals surface area contributed by atoms with E-state index in [2.05, 4.69) is 81.8 Å². The summed E-state index contributed by atoms with van der Waals surface area (Å²) >= 11 is 1.12. The van der Waals surface area contributed by atoms with Crippen molar-refractivity contribution < 1.29 is 264 Å². The number of nitro groups is 2. The molecule has 11 N–H and O–H groups in total. The zero-order valence-corrected chi connectivity index (χ0v) is 102. The van der Waals surface area contributed by atoms with Gasteiger partial charge in [0.2, 0.25) is 27.0 Å². The SMILES string of the molecule is C.CC(=O)O.CC(=O)OCC1O[C@@H]([SeH])C(OC(C)=O)[C@@H](C)[C@@H]1C.CC(=O)OCC1O[C@@H]([Se]/C(CCCCc2ccccc2)=N\O)C(OC(C)=O)[C@@H](C)[C@@H]1C.CC(=O)OCC1O[C@@H]([Se]C(=[N-])CCCCc2ccccc2)C(OC(C)=O)[C@@H](C)[C@@H]1C.C[N+](=O)[O-].N.O=CCCCc1ccccc1.O=S(=O)([O-])O.O=S(=O)([O-])O.O=[N+]([O-])/C=C/CCCc1ccccc1.[K+].[K+].[N-]=C(CCCCc1ccccc1)[Se][C@@H]1OC(CO)[C@@H](O)[C@H](O)C1O. The van der Waals surface area contributed by atoms with Crippen LogP contribution in [0.3, 0.4) is 0 Å². The number of nitrogens with zero attached hydrogens (tertiary/aromatic N) is 5. The molecule has 4 fully saturated rings. The van der Waals surface area contributed by atoms with Crippen molar-refractivity contribution in [3.05, 3.63) is 223 Å². The Morgan fingerprint density at radius 2 is 0.720 bits per heavy atom. The van der Waals surface area contributed by atoms with Crippen LogP contribution in [0, 0.1) is 55.7 Å². The first-order chi connectivity index (χ1) is 68.6. The second kappa shape index (κ2) is 88.1. The molecule has 8 unspecified atom stereocenters. The van der Waals surface area contributed by atoms with Crippen molar-refractivity contribution in [1.82, 2.24) is 6.15 Å². The van der Waals surface area contributed by atoms with Crippen molar-refractivity contribution in [2.75, 3.05) is 33.5 Å². The number of hydrogen-bond donors (Lipinski definition) is 9. The Hall–Kier alpha value is -5.86. The van der Waals surface area contributed by atoms with Crippen LogP contribution in [0.15, 0.2) is 169 Å². The van der Waals surface area contributed by atoms with Gasteiger partial charge in [-0.15, -0.1) is 0 Å². The quantitative estimate of drug-likeness (QED) is 0.00213. The summed E-state index contributed by atoms with van der Waals surface area (Å²) in [6.07, 6.45) is 12.3. The summed E-state index contributed by atoms with van der Waals surface area (Å²) in [5, 5.41) is 96.7. The standard InChI is InChI=1S/C23H33NO6Se.C23H32NO5Se.C17H24NO5Se.C12H20O5Se.C11H13NO2.C10H12O.C2H4O2.CH3NO2.CH4.2K.H3N.2H2O4S/c1-15-16(2)22(29-18(4)26)23(30-20(15)14-28-17(3)25)31-21(24-27)13-9-8-12-19-10-6-5-7-11-19;1-15-16(2)22(28-18(4)26)23(29-20(15)14-27-17(3)25)30-21(24)13-9-8-12-19-10-6-5-7-11-19;18-13(9-5-4-8-11-6-2-1-3-7-11)24-17-16(22)15(21)14(20)12(10-19)23-17;1-6-7(2)11(16-9(4)14)12(18)17-10(6)5-15-8(3)13;13-12(14)10-6-2-5-9-11-7-3-1-4-8-11;11-9-5-4-8-10-6-2-1-3-7-10;2*1-2(3)4;;;;;2*1-5(2,3)4/h5-7,10-11,15-16,20,22-23,27H,8-9,12-14H2,1-4H3;5-7,10-11,15-16,20,22-23H,8-9,12-14H2,1-4H3;1-3,6-7,12,14-17,19-22H,4-5,8-10H2;6-7,10-12,18H,5H2,1-4H3;1,3-4,6-8,10H,2,5,9H2;1-3,6-7,9H,4-5,8H2;1H3,(H,3,4);1H3;1H4;;;1H3;2*(H2,1,2,3,4)/q;2*-1;;;;;;;2*+1;;;/p-2/b24-21-;;;;10-6+;;;;;;;;;/t2*15-,16-,20?,22?,23-;12?,14-,15+,16?,17+;6-,7-,10?,11?,12-;;;;;;;;;;/m0010........../s1. The molecule has 4 aliphatic heterocycles. The number of aliphatic carboxylic acids is 1. The number of ether oxygens (including phenoxy) is 10. The number of oxime groups is 1. The van der Waals surface area contributed by atoms with Gasteiger partial charge in [-0.2, -0.15) is 0 Å². The third-order valence-corrected chi connectivity index (χ3v) is 29.8. The summed E-state index contributed by atoms with van der Waals surface area (Å²) in [7, 11) is -8.94. The number of unbranched alkanes of at least 4 members (excludes halogenated alkanes) is 5. The van der Waals surface area contributed by atoms with Gasteiger partial charge in [0.25, 0.3) is 5.97 Å². The summed E-state index contributed by atoms with van der Waals surface area (Å²) < 4.78 is 122. The maximum absolute atomic E-state index is 11.7. The summed E-state index contributed by atoms with van der Waals surface area (Å²) in [5.74, 6) is -2.46. The molecule has 0 aromatic heterocycles. The molecule has 4 heterocycles. The second-order valence-electron chi connectivity index (χ2n) is 33.8. The molecule has 50 heteroatoms. The van der Waals surface area contributed by atoms with Gasteiger partial charge in [-0.3, -0.25) is 34.1 Å². The number of carboxylic acids is 1. The molecule has 42 nitrogen and oxygen atoms in total. The van der Waals surface area contributed by atoms with Gasteiger partial charge in [0, 0.05) is 18.3 Å². The Labute approximate surface area is 993 Å². The van der Waals surface area contributed by atoms with Crippen molar-refractivity contribution in [2.45, 2.75) is 294 Å². The predicted octanol–water partition coefficient (Wildman–Crippen LogP) is 5.00. The van der Waals surface area contributed by atoms with Crippen LogP contribution in [0.5, 0.6) is 0 Å². The van der Waals surface area contributed by atoms with E-state index in [1.165, 1.54) is 69.4 Å². The fraction of sp³-hybridized carbons (Fsp3) is 0.570. The second-order valence-corrected chi connectivity index (χ2v) is 43.9. The first kappa shape index (κ1) is 153. The molecular weight excluding hydrogens is 2320 g/mol.